The third-order valence-electron chi connectivity index (χ3n) is 3.61. The Morgan fingerprint density at radius 1 is 1.47 bits per heavy atom. The monoisotopic (exact) mass is 273 g/mol. The summed E-state index contributed by atoms with van der Waals surface area (Å²) in [6.07, 6.45) is 4.53. The highest BCUT2D eigenvalue weighted by atomic mass is 16.5. The fourth-order valence-electron chi connectivity index (χ4n) is 2.72. The molecule has 112 valence electrons. The van der Waals surface area contributed by atoms with Crippen LogP contribution in [0.25, 0.3) is 0 Å². The van der Waals surface area contributed by atoms with Crippen molar-refractivity contribution in [1.29, 1.82) is 0 Å². The van der Waals surface area contributed by atoms with Gasteiger partial charge in [-0.3, -0.25) is 4.79 Å². The Balaban J connectivity index is 2.42. The molecule has 1 saturated carbocycles. The van der Waals surface area contributed by atoms with Gasteiger partial charge in [0.2, 0.25) is 0 Å². The standard InChI is InChI=1S/C14H27NO4/c1-3-19-14(17)11-5-4-6-12(9-11)15-13(7-8-16)10-18-2/h11-13,15-16H,3-10H2,1-2H3. The first-order valence-electron chi connectivity index (χ1n) is 7.23. The first-order valence-corrected chi connectivity index (χ1v) is 7.23. The second-order valence-electron chi connectivity index (χ2n) is 5.14. The summed E-state index contributed by atoms with van der Waals surface area (Å²) in [6.45, 7) is 3.02. The molecule has 5 nitrogen and oxygen atoms in total. The van der Waals surface area contributed by atoms with Crippen LogP contribution in [-0.4, -0.2) is 50.1 Å². The van der Waals surface area contributed by atoms with E-state index in [4.69, 9.17) is 14.6 Å². The van der Waals surface area contributed by atoms with Crippen molar-refractivity contribution in [2.75, 3.05) is 26.9 Å². The predicted molar refractivity (Wildman–Crippen MR) is 72.9 cm³/mol. The molecule has 0 saturated heterocycles. The molecule has 0 aromatic carbocycles. The topological polar surface area (TPSA) is 67.8 Å². The van der Waals surface area contributed by atoms with E-state index in [-0.39, 0.29) is 24.5 Å². The minimum Gasteiger partial charge on any atom is -0.466 e. The Hall–Kier alpha value is -0.650. The SMILES string of the molecule is CCOC(=O)C1CCCC(NC(CCO)COC)C1. The summed E-state index contributed by atoms with van der Waals surface area (Å²) in [5.74, 6) is -0.0528. The van der Waals surface area contributed by atoms with Crippen molar-refractivity contribution in [2.45, 2.75) is 51.1 Å². The van der Waals surface area contributed by atoms with Gasteiger partial charge in [0.25, 0.3) is 0 Å². The van der Waals surface area contributed by atoms with Crippen LogP contribution in [0.5, 0.6) is 0 Å². The molecule has 0 bridgehead atoms. The number of hydrogen-bond donors (Lipinski definition) is 2. The lowest BCUT2D eigenvalue weighted by atomic mass is 9.85. The van der Waals surface area contributed by atoms with Gasteiger partial charge < -0.3 is 19.9 Å². The van der Waals surface area contributed by atoms with E-state index in [0.29, 0.717) is 25.7 Å². The molecular weight excluding hydrogens is 246 g/mol. The fraction of sp³-hybridized carbons (Fsp3) is 0.929. The lowest BCUT2D eigenvalue weighted by molar-refractivity contribution is -0.149. The van der Waals surface area contributed by atoms with Gasteiger partial charge >= 0.3 is 5.97 Å². The van der Waals surface area contributed by atoms with Gasteiger partial charge in [-0.05, 0) is 32.6 Å². The number of carbonyl (C=O) groups is 1. The molecule has 3 unspecified atom stereocenters. The first kappa shape index (κ1) is 16.4. The van der Waals surface area contributed by atoms with E-state index in [2.05, 4.69) is 5.32 Å². The lowest BCUT2D eigenvalue weighted by Gasteiger charge is -2.31. The number of methoxy groups -OCH3 is 1. The molecule has 5 heteroatoms. The van der Waals surface area contributed by atoms with Gasteiger partial charge in [-0.2, -0.15) is 0 Å². The second-order valence-corrected chi connectivity index (χ2v) is 5.14. The van der Waals surface area contributed by atoms with Crippen molar-refractivity contribution in [3.8, 4) is 0 Å². The number of ether oxygens (including phenoxy) is 2. The van der Waals surface area contributed by atoms with Gasteiger partial charge in [0, 0.05) is 25.8 Å². The van der Waals surface area contributed by atoms with Crippen LogP contribution in [-0.2, 0) is 14.3 Å². The summed E-state index contributed by atoms with van der Waals surface area (Å²) >= 11 is 0. The molecule has 0 aromatic rings. The Bertz CT molecular complexity index is 254. The van der Waals surface area contributed by atoms with Crippen LogP contribution < -0.4 is 5.32 Å². The molecular formula is C14H27NO4. The van der Waals surface area contributed by atoms with E-state index in [0.717, 1.165) is 25.7 Å². The van der Waals surface area contributed by atoms with E-state index >= 15 is 0 Å². The molecule has 1 rings (SSSR count). The van der Waals surface area contributed by atoms with Crippen LogP contribution in [0.1, 0.15) is 39.0 Å². The summed E-state index contributed by atoms with van der Waals surface area (Å²) in [7, 11) is 1.66. The van der Waals surface area contributed by atoms with Crippen molar-refractivity contribution in [3.05, 3.63) is 0 Å². The second kappa shape index (κ2) is 9.28. The van der Waals surface area contributed by atoms with Crippen molar-refractivity contribution in [2.24, 2.45) is 5.92 Å². The van der Waals surface area contributed by atoms with Crippen molar-refractivity contribution in [3.63, 3.8) is 0 Å². The maximum absolute atomic E-state index is 11.8. The number of nitrogens with one attached hydrogen (secondary N) is 1. The van der Waals surface area contributed by atoms with E-state index in [1.54, 1.807) is 7.11 Å². The van der Waals surface area contributed by atoms with Crippen molar-refractivity contribution >= 4 is 5.97 Å². The van der Waals surface area contributed by atoms with Crippen LogP contribution in [0.2, 0.25) is 0 Å². The molecule has 0 aliphatic heterocycles. The lowest BCUT2D eigenvalue weighted by Crippen LogP contribution is -2.44. The van der Waals surface area contributed by atoms with Crippen molar-refractivity contribution in [1.82, 2.24) is 5.32 Å². The Kier molecular flexibility index (Phi) is 8.02. The summed E-state index contributed by atoms with van der Waals surface area (Å²) < 4.78 is 10.2. The molecule has 2 N–H and O–H groups in total. The van der Waals surface area contributed by atoms with E-state index in [1.165, 1.54) is 0 Å². The molecule has 0 spiro atoms. The normalized spacial score (nSPS) is 25.0. The van der Waals surface area contributed by atoms with Crippen LogP contribution >= 0.6 is 0 Å². The zero-order valence-corrected chi connectivity index (χ0v) is 12.1. The molecule has 1 aliphatic carbocycles. The van der Waals surface area contributed by atoms with Gasteiger partial charge in [-0.25, -0.2) is 0 Å². The van der Waals surface area contributed by atoms with Crippen LogP contribution in [0, 0.1) is 5.92 Å². The zero-order chi connectivity index (χ0) is 14.1. The van der Waals surface area contributed by atoms with Crippen LogP contribution in [0.4, 0.5) is 0 Å². The Labute approximate surface area is 115 Å². The third-order valence-corrected chi connectivity index (χ3v) is 3.61. The van der Waals surface area contributed by atoms with Gasteiger partial charge in [-0.1, -0.05) is 6.42 Å². The molecule has 0 aromatic heterocycles. The smallest absolute Gasteiger partial charge is 0.308 e. The first-order chi connectivity index (χ1) is 9.21. The van der Waals surface area contributed by atoms with Gasteiger partial charge in [0.05, 0.1) is 19.1 Å². The third kappa shape index (κ3) is 5.89. The highest BCUT2D eigenvalue weighted by molar-refractivity contribution is 5.72. The van der Waals surface area contributed by atoms with Gasteiger partial charge in [-0.15, -0.1) is 0 Å². The number of carbonyl (C=O) groups excluding carboxylic acids is 1. The molecule has 19 heavy (non-hydrogen) atoms. The molecule has 1 aliphatic rings. The minimum atomic E-state index is -0.0700. The average Bonchev–Trinajstić information content (AvgIpc) is 2.40. The number of rotatable bonds is 8. The highest BCUT2D eigenvalue weighted by Crippen LogP contribution is 2.25. The van der Waals surface area contributed by atoms with Crippen LogP contribution in [0.15, 0.2) is 0 Å². The summed E-state index contributed by atoms with van der Waals surface area (Å²) in [5.41, 5.74) is 0. The number of aliphatic hydroxyl groups excluding tert-OH is 1. The molecule has 1 fully saturated rings. The number of aliphatic hydroxyl groups is 1. The number of esters is 1. The Morgan fingerprint density at radius 2 is 2.26 bits per heavy atom. The van der Waals surface area contributed by atoms with Gasteiger partial charge in [0.1, 0.15) is 0 Å². The fourth-order valence-corrected chi connectivity index (χ4v) is 2.72. The van der Waals surface area contributed by atoms with E-state index in [9.17, 15) is 4.79 Å². The number of hydrogen-bond acceptors (Lipinski definition) is 5. The molecule has 0 heterocycles. The maximum atomic E-state index is 11.8. The summed E-state index contributed by atoms with van der Waals surface area (Å²) in [6, 6.07) is 0.468. The summed E-state index contributed by atoms with van der Waals surface area (Å²) in [4.78, 5) is 11.8. The predicted octanol–water partition coefficient (Wildman–Crippen LogP) is 1.10. The van der Waals surface area contributed by atoms with E-state index in [1.807, 2.05) is 6.92 Å². The van der Waals surface area contributed by atoms with Crippen LogP contribution in [0.3, 0.4) is 0 Å². The Morgan fingerprint density at radius 3 is 2.89 bits per heavy atom. The molecule has 3 atom stereocenters. The zero-order valence-electron chi connectivity index (χ0n) is 12.1. The maximum Gasteiger partial charge on any atom is 0.308 e. The van der Waals surface area contributed by atoms with Crippen molar-refractivity contribution < 1.29 is 19.4 Å². The van der Waals surface area contributed by atoms with E-state index < -0.39 is 0 Å². The summed E-state index contributed by atoms with van der Waals surface area (Å²) in [5, 5.41) is 12.5. The highest BCUT2D eigenvalue weighted by Gasteiger charge is 2.29. The quantitative estimate of drug-likeness (QED) is 0.648. The largest absolute Gasteiger partial charge is 0.466 e. The molecule has 0 amide bonds. The van der Waals surface area contributed by atoms with Gasteiger partial charge in [0.15, 0.2) is 0 Å². The minimum absolute atomic E-state index is 0.0171. The molecule has 0 radical (unpaired) electrons. The average molecular weight is 273 g/mol.